The first-order valence-electron chi connectivity index (χ1n) is 4.71. The summed E-state index contributed by atoms with van der Waals surface area (Å²) >= 11 is 0. The topological polar surface area (TPSA) is 12.0 Å². The van der Waals surface area contributed by atoms with Crippen molar-refractivity contribution in [2.45, 2.75) is 18.9 Å². The van der Waals surface area contributed by atoms with Crippen LogP contribution in [0.1, 0.15) is 24.4 Å². The zero-order valence-corrected chi connectivity index (χ0v) is 8.16. The molecule has 0 aliphatic heterocycles. The van der Waals surface area contributed by atoms with E-state index in [2.05, 4.69) is 36.2 Å². The highest BCUT2D eigenvalue weighted by atomic mass is 14.9. The van der Waals surface area contributed by atoms with Crippen LogP contribution in [-0.2, 0) is 0 Å². The maximum Gasteiger partial charge on any atom is 0.0320 e. The van der Waals surface area contributed by atoms with Gasteiger partial charge in [-0.25, -0.2) is 0 Å². The minimum Gasteiger partial charge on any atom is -0.313 e. The Hall–Kier alpha value is -1.08. The maximum atomic E-state index is 3.73. The van der Waals surface area contributed by atoms with Crippen molar-refractivity contribution in [3.05, 3.63) is 48.6 Å². The fourth-order valence-electron chi connectivity index (χ4n) is 1.45. The van der Waals surface area contributed by atoms with Crippen LogP contribution in [0.4, 0.5) is 0 Å². The summed E-state index contributed by atoms with van der Waals surface area (Å²) < 4.78 is 0. The van der Waals surface area contributed by atoms with Crippen molar-refractivity contribution in [2.75, 3.05) is 7.05 Å². The molecule has 0 aliphatic rings. The molecule has 70 valence electrons. The van der Waals surface area contributed by atoms with Gasteiger partial charge < -0.3 is 5.32 Å². The van der Waals surface area contributed by atoms with Crippen molar-refractivity contribution >= 4 is 0 Å². The van der Waals surface area contributed by atoms with Crippen molar-refractivity contribution in [1.29, 1.82) is 0 Å². The van der Waals surface area contributed by atoms with Gasteiger partial charge in [-0.1, -0.05) is 36.4 Å². The molecule has 0 heterocycles. The molecular formula is C12H17N. The summed E-state index contributed by atoms with van der Waals surface area (Å²) in [4.78, 5) is 0. The summed E-state index contributed by atoms with van der Waals surface area (Å²) in [5.74, 6) is 0. The van der Waals surface area contributed by atoms with Crippen molar-refractivity contribution in [2.24, 2.45) is 0 Å². The molecule has 13 heavy (non-hydrogen) atoms. The van der Waals surface area contributed by atoms with Crippen LogP contribution >= 0.6 is 0 Å². The Balaban J connectivity index is 2.61. The molecule has 1 N–H and O–H groups in total. The minimum atomic E-state index is 0.458. The number of hydrogen-bond donors (Lipinski definition) is 1. The standard InChI is InChI=1S/C12H17N/c1-3-4-10-12(13-2)11-8-6-5-7-9-11/h3,5-9,12-13H,1,4,10H2,2H3. The summed E-state index contributed by atoms with van der Waals surface area (Å²) in [6, 6.07) is 11.0. The van der Waals surface area contributed by atoms with Gasteiger partial charge in [0, 0.05) is 6.04 Å². The molecule has 0 aromatic heterocycles. The third kappa shape index (κ3) is 3.03. The van der Waals surface area contributed by atoms with E-state index >= 15 is 0 Å². The smallest absolute Gasteiger partial charge is 0.0320 e. The average molecular weight is 175 g/mol. The highest BCUT2D eigenvalue weighted by Crippen LogP contribution is 2.17. The van der Waals surface area contributed by atoms with Crippen LogP contribution in [0.25, 0.3) is 0 Å². The monoisotopic (exact) mass is 175 g/mol. The number of nitrogens with one attached hydrogen (secondary N) is 1. The van der Waals surface area contributed by atoms with Gasteiger partial charge in [0.15, 0.2) is 0 Å². The van der Waals surface area contributed by atoms with Crippen molar-refractivity contribution in [1.82, 2.24) is 5.32 Å². The third-order valence-corrected chi connectivity index (χ3v) is 2.21. The van der Waals surface area contributed by atoms with Gasteiger partial charge in [0.25, 0.3) is 0 Å². The van der Waals surface area contributed by atoms with Crippen LogP contribution in [0, 0.1) is 0 Å². The zero-order chi connectivity index (χ0) is 9.52. The molecule has 1 aromatic carbocycles. The van der Waals surface area contributed by atoms with Gasteiger partial charge in [-0.3, -0.25) is 0 Å². The second-order valence-electron chi connectivity index (χ2n) is 3.12. The van der Waals surface area contributed by atoms with E-state index in [1.165, 1.54) is 5.56 Å². The van der Waals surface area contributed by atoms with Gasteiger partial charge >= 0.3 is 0 Å². The van der Waals surface area contributed by atoms with Crippen LogP contribution in [-0.4, -0.2) is 7.05 Å². The molecule has 0 radical (unpaired) electrons. The Labute approximate surface area is 80.5 Å². The third-order valence-electron chi connectivity index (χ3n) is 2.21. The SMILES string of the molecule is C=CCCC(NC)c1ccccc1. The fraction of sp³-hybridized carbons (Fsp3) is 0.333. The molecule has 0 fully saturated rings. The second kappa shape index (κ2) is 5.55. The highest BCUT2D eigenvalue weighted by molar-refractivity contribution is 5.18. The van der Waals surface area contributed by atoms with E-state index < -0.39 is 0 Å². The van der Waals surface area contributed by atoms with Crippen molar-refractivity contribution in [3.63, 3.8) is 0 Å². The quantitative estimate of drug-likeness (QED) is 0.678. The Kier molecular flexibility index (Phi) is 4.27. The summed E-state index contributed by atoms with van der Waals surface area (Å²) in [6.07, 6.45) is 4.14. The molecule has 1 atom stereocenters. The van der Waals surface area contributed by atoms with Crippen molar-refractivity contribution < 1.29 is 0 Å². The second-order valence-corrected chi connectivity index (χ2v) is 3.12. The van der Waals surface area contributed by atoms with E-state index in [9.17, 15) is 0 Å². The normalized spacial score (nSPS) is 12.4. The van der Waals surface area contributed by atoms with E-state index in [0.717, 1.165) is 12.8 Å². The Morgan fingerprint density at radius 1 is 1.38 bits per heavy atom. The maximum absolute atomic E-state index is 3.73. The molecule has 1 nitrogen and oxygen atoms in total. The molecule has 0 aliphatic carbocycles. The van der Waals surface area contributed by atoms with Gasteiger partial charge in [-0.05, 0) is 25.5 Å². The van der Waals surface area contributed by atoms with Crippen LogP contribution in [0.15, 0.2) is 43.0 Å². The van der Waals surface area contributed by atoms with Crippen LogP contribution < -0.4 is 5.32 Å². The fourth-order valence-corrected chi connectivity index (χ4v) is 1.45. The van der Waals surface area contributed by atoms with E-state index in [1.807, 2.05) is 19.2 Å². The van der Waals surface area contributed by atoms with E-state index in [4.69, 9.17) is 0 Å². The predicted octanol–water partition coefficient (Wildman–Crippen LogP) is 2.91. The van der Waals surface area contributed by atoms with E-state index in [1.54, 1.807) is 0 Å². The number of hydrogen-bond acceptors (Lipinski definition) is 1. The summed E-state index contributed by atoms with van der Waals surface area (Å²) in [6.45, 7) is 3.73. The van der Waals surface area contributed by atoms with Crippen LogP contribution in [0.2, 0.25) is 0 Å². The largest absolute Gasteiger partial charge is 0.313 e. The van der Waals surface area contributed by atoms with Gasteiger partial charge in [0.2, 0.25) is 0 Å². The summed E-state index contributed by atoms with van der Waals surface area (Å²) in [5.41, 5.74) is 1.35. The molecule has 0 bridgehead atoms. The first-order chi connectivity index (χ1) is 6.38. The van der Waals surface area contributed by atoms with Crippen LogP contribution in [0.3, 0.4) is 0 Å². The number of allylic oxidation sites excluding steroid dienone is 1. The lowest BCUT2D eigenvalue weighted by atomic mass is 10.0. The highest BCUT2D eigenvalue weighted by Gasteiger charge is 2.05. The molecule has 1 rings (SSSR count). The average Bonchev–Trinajstić information content (AvgIpc) is 2.21. The first kappa shape index (κ1) is 10.0. The Bertz CT molecular complexity index is 241. The predicted molar refractivity (Wildman–Crippen MR) is 57.7 cm³/mol. The lowest BCUT2D eigenvalue weighted by Gasteiger charge is -2.15. The lowest BCUT2D eigenvalue weighted by molar-refractivity contribution is 0.555. The van der Waals surface area contributed by atoms with Gasteiger partial charge in [-0.15, -0.1) is 6.58 Å². The number of benzene rings is 1. The molecule has 1 unspecified atom stereocenters. The molecule has 0 saturated carbocycles. The summed E-state index contributed by atoms with van der Waals surface area (Å²) in [7, 11) is 2.00. The van der Waals surface area contributed by atoms with E-state index in [0.29, 0.717) is 6.04 Å². The van der Waals surface area contributed by atoms with Gasteiger partial charge in [0.05, 0.1) is 0 Å². The molecule has 1 heteroatoms. The molecule has 0 spiro atoms. The zero-order valence-electron chi connectivity index (χ0n) is 8.16. The Morgan fingerprint density at radius 3 is 2.62 bits per heavy atom. The van der Waals surface area contributed by atoms with Crippen molar-refractivity contribution in [3.8, 4) is 0 Å². The Morgan fingerprint density at radius 2 is 2.08 bits per heavy atom. The molecular weight excluding hydrogens is 158 g/mol. The van der Waals surface area contributed by atoms with Gasteiger partial charge in [0.1, 0.15) is 0 Å². The molecule has 0 saturated heterocycles. The number of rotatable bonds is 5. The first-order valence-corrected chi connectivity index (χ1v) is 4.71. The minimum absolute atomic E-state index is 0.458. The van der Waals surface area contributed by atoms with Gasteiger partial charge in [-0.2, -0.15) is 0 Å². The van der Waals surface area contributed by atoms with E-state index in [-0.39, 0.29) is 0 Å². The molecule has 1 aromatic rings. The lowest BCUT2D eigenvalue weighted by Crippen LogP contribution is -2.15. The van der Waals surface area contributed by atoms with Crippen LogP contribution in [0.5, 0.6) is 0 Å². The molecule has 0 amide bonds. The summed E-state index contributed by atoms with van der Waals surface area (Å²) in [5, 5.41) is 3.31.